The first-order valence-electron chi connectivity index (χ1n) is 11.7. The molecule has 9 heteroatoms. The van der Waals surface area contributed by atoms with Crippen molar-refractivity contribution in [2.24, 2.45) is 0 Å². The van der Waals surface area contributed by atoms with Crippen LogP contribution < -0.4 is 15.4 Å². The van der Waals surface area contributed by atoms with Gasteiger partial charge in [0, 0.05) is 41.5 Å². The van der Waals surface area contributed by atoms with Gasteiger partial charge in [0.25, 0.3) is 0 Å². The van der Waals surface area contributed by atoms with Gasteiger partial charge >= 0.3 is 0 Å². The number of carbonyl (C=O) groups excluding carboxylic acids is 2. The van der Waals surface area contributed by atoms with E-state index in [4.69, 9.17) is 4.74 Å². The number of pyridine rings is 1. The van der Waals surface area contributed by atoms with Crippen LogP contribution in [-0.4, -0.2) is 44.3 Å². The maximum atomic E-state index is 12.3. The van der Waals surface area contributed by atoms with Crippen molar-refractivity contribution in [3.8, 4) is 17.1 Å². The maximum absolute atomic E-state index is 12.3. The quantitative estimate of drug-likeness (QED) is 0.261. The molecule has 0 radical (unpaired) electrons. The molecule has 0 aliphatic carbocycles. The van der Waals surface area contributed by atoms with Gasteiger partial charge in [-0.15, -0.1) is 0 Å². The summed E-state index contributed by atoms with van der Waals surface area (Å²) in [5.41, 5.74) is 4.47. The minimum Gasteiger partial charge on any atom is -0.488 e. The summed E-state index contributed by atoms with van der Waals surface area (Å²) in [6, 6.07) is 13.0. The topological polar surface area (TPSA) is 122 Å². The van der Waals surface area contributed by atoms with Crippen molar-refractivity contribution >= 4 is 34.2 Å². The van der Waals surface area contributed by atoms with Crippen LogP contribution in [0, 0.1) is 0 Å². The van der Waals surface area contributed by atoms with Crippen LogP contribution in [0.3, 0.4) is 0 Å². The number of rotatable bonds is 7. The Balaban J connectivity index is 1.32. The predicted octanol–water partition coefficient (Wildman–Crippen LogP) is 4.57. The SMILES string of the molecule is CC(C)=CC(=O)c1cc2cc(Nc3nccc(-c4cc(OC5CCC(=O)NC5)ccn4)n3)ccc2[nH]1. The molecule has 0 saturated carbocycles. The van der Waals surface area contributed by atoms with Crippen LogP contribution in [0.15, 0.2) is 66.5 Å². The average Bonchev–Trinajstić information content (AvgIpc) is 3.29. The summed E-state index contributed by atoms with van der Waals surface area (Å²) in [5.74, 6) is 1.10. The lowest BCUT2D eigenvalue weighted by molar-refractivity contribution is -0.123. The molecule has 182 valence electrons. The number of hydrogen-bond donors (Lipinski definition) is 3. The predicted molar refractivity (Wildman–Crippen MR) is 137 cm³/mol. The van der Waals surface area contributed by atoms with Crippen molar-refractivity contribution < 1.29 is 14.3 Å². The zero-order valence-electron chi connectivity index (χ0n) is 20.0. The van der Waals surface area contributed by atoms with Crippen LogP contribution >= 0.6 is 0 Å². The van der Waals surface area contributed by atoms with E-state index in [9.17, 15) is 9.59 Å². The molecule has 1 unspecified atom stereocenters. The zero-order valence-corrected chi connectivity index (χ0v) is 20.0. The van der Waals surface area contributed by atoms with E-state index in [0.717, 1.165) is 22.2 Å². The Hall–Kier alpha value is -4.53. The van der Waals surface area contributed by atoms with Crippen molar-refractivity contribution in [1.82, 2.24) is 25.3 Å². The van der Waals surface area contributed by atoms with Gasteiger partial charge in [0.1, 0.15) is 11.9 Å². The van der Waals surface area contributed by atoms with Crippen LogP contribution in [-0.2, 0) is 4.79 Å². The molecule has 5 rings (SSSR count). The Bertz CT molecular complexity index is 1460. The second-order valence-corrected chi connectivity index (χ2v) is 8.92. The molecule has 0 spiro atoms. The van der Waals surface area contributed by atoms with Gasteiger partial charge in [0.05, 0.1) is 23.6 Å². The minimum absolute atomic E-state index is 0.0521. The normalized spacial score (nSPS) is 15.3. The highest BCUT2D eigenvalue weighted by molar-refractivity contribution is 6.06. The number of anilines is 2. The number of H-pyrrole nitrogens is 1. The van der Waals surface area contributed by atoms with Crippen LogP contribution in [0.2, 0.25) is 0 Å². The molecule has 1 aromatic carbocycles. The van der Waals surface area contributed by atoms with Crippen molar-refractivity contribution in [3.63, 3.8) is 0 Å². The molecule has 36 heavy (non-hydrogen) atoms. The number of hydrogen-bond acceptors (Lipinski definition) is 7. The summed E-state index contributed by atoms with van der Waals surface area (Å²) in [6.07, 6.45) is 6.04. The largest absolute Gasteiger partial charge is 0.488 e. The van der Waals surface area contributed by atoms with Crippen LogP contribution in [0.5, 0.6) is 5.75 Å². The van der Waals surface area contributed by atoms with Crippen LogP contribution in [0.1, 0.15) is 37.2 Å². The molecule has 3 aromatic heterocycles. The molecule has 1 aliphatic rings. The number of amides is 1. The van der Waals surface area contributed by atoms with Gasteiger partial charge in [-0.05, 0) is 62.7 Å². The fourth-order valence-corrected chi connectivity index (χ4v) is 4.00. The highest BCUT2D eigenvalue weighted by atomic mass is 16.5. The fraction of sp³-hybridized carbons (Fsp3) is 0.222. The third kappa shape index (κ3) is 5.41. The van der Waals surface area contributed by atoms with E-state index in [1.165, 1.54) is 0 Å². The van der Waals surface area contributed by atoms with Crippen LogP contribution in [0.25, 0.3) is 22.3 Å². The Kier molecular flexibility index (Phi) is 6.44. The Morgan fingerprint density at radius 1 is 1.08 bits per heavy atom. The van der Waals surface area contributed by atoms with Gasteiger partial charge in [-0.25, -0.2) is 9.97 Å². The van der Waals surface area contributed by atoms with E-state index >= 15 is 0 Å². The number of aromatic nitrogens is 4. The van der Waals surface area contributed by atoms with E-state index in [1.54, 1.807) is 30.6 Å². The smallest absolute Gasteiger partial charge is 0.227 e. The lowest BCUT2D eigenvalue weighted by Gasteiger charge is -2.23. The molecule has 1 saturated heterocycles. The van der Waals surface area contributed by atoms with E-state index in [-0.39, 0.29) is 17.8 Å². The van der Waals surface area contributed by atoms with E-state index in [1.807, 2.05) is 44.2 Å². The molecule has 3 N–H and O–H groups in total. The van der Waals surface area contributed by atoms with E-state index in [2.05, 4.69) is 30.6 Å². The first kappa shape index (κ1) is 23.2. The Morgan fingerprint density at radius 3 is 2.75 bits per heavy atom. The molecule has 9 nitrogen and oxygen atoms in total. The summed E-state index contributed by atoms with van der Waals surface area (Å²) in [6.45, 7) is 4.29. The van der Waals surface area contributed by atoms with Gasteiger partial charge in [0.15, 0.2) is 0 Å². The summed E-state index contributed by atoms with van der Waals surface area (Å²) in [5, 5.41) is 6.96. The Labute approximate surface area is 208 Å². The number of piperidine rings is 1. The number of nitrogens with zero attached hydrogens (tertiary/aromatic N) is 3. The lowest BCUT2D eigenvalue weighted by Crippen LogP contribution is -2.40. The monoisotopic (exact) mass is 482 g/mol. The first-order valence-corrected chi connectivity index (χ1v) is 11.7. The average molecular weight is 483 g/mol. The highest BCUT2D eigenvalue weighted by Gasteiger charge is 2.19. The van der Waals surface area contributed by atoms with Crippen molar-refractivity contribution in [3.05, 3.63) is 72.2 Å². The summed E-state index contributed by atoms with van der Waals surface area (Å²) >= 11 is 0. The van der Waals surface area contributed by atoms with Crippen LogP contribution in [0.4, 0.5) is 11.6 Å². The molecular formula is C27H26N6O3. The van der Waals surface area contributed by atoms with Gasteiger partial charge in [0.2, 0.25) is 17.6 Å². The number of ether oxygens (including phenoxy) is 1. The number of carbonyl (C=O) groups is 2. The molecule has 4 heterocycles. The number of allylic oxidation sites excluding steroid dienone is 2. The third-order valence-corrected chi connectivity index (χ3v) is 5.73. The first-order chi connectivity index (χ1) is 17.4. The summed E-state index contributed by atoms with van der Waals surface area (Å²) < 4.78 is 6.03. The number of nitrogens with one attached hydrogen (secondary N) is 3. The van der Waals surface area contributed by atoms with Gasteiger partial charge < -0.3 is 20.4 Å². The summed E-state index contributed by atoms with van der Waals surface area (Å²) in [4.78, 5) is 40.3. The summed E-state index contributed by atoms with van der Waals surface area (Å²) in [7, 11) is 0. The number of fused-ring (bicyclic) bond motifs is 1. The van der Waals surface area contributed by atoms with Gasteiger partial charge in [-0.2, -0.15) is 0 Å². The highest BCUT2D eigenvalue weighted by Crippen LogP contribution is 2.25. The van der Waals surface area contributed by atoms with Crippen molar-refractivity contribution in [2.45, 2.75) is 32.8 Å². The third-order valence-electron chi connectivity index (χ3n) is 5.73. The Morgan fingerprint density at radius 2 is 1.94 bits per heavy atom. The molecular weight excluding hydrogens is 456 g/mol. The molecule has 4 aromatic rings. The number of ketones is 1. The van der Waals surface area contributed by atoms with E-state index in [0.29, 0.717) is 48.2 Å². The zero-order chi connectivity index (χ0) is 25.1. The van der Waals surface area contributed by atoms with E-state index < -0.39 is 0 Å². The molecule has 1 atom stereocenters. The molecule has 0 bridgehead atoms. The second-order valence-electron chi connectivity index (χ2n) is 8.92. The minimum atomic E-state index is -0.0678. The van der Waals surface area contributed by atoms with Crippen molar-refractivity contribution in [2.75, 3.05) is 11.9 Å². The second kappa shape index (κ2) is 9.99. The maximum Gasteiger partial charge on any atom is 0.227 e. The molecule has 1 fully saturated rings. The number of aromatic amines is 1. The van der Waals surface area contributed by atoms with Crippen molar-refractivity contribution in [1.29, 1.82) is 0 Å². The van der Waals surface area contributed by atoms with Gasteiger partial charge in [-0.1, -0.05) is 5.57 Å². The lowest BCUT2D eigenvalue weighted by atomic mass is 10.1. The van der Waals surface area contributed by atoms with Gasteiger partial charge in [-0.3, -0.25) is 14.6 Å². The molecule has 1 aliphatic heterocycles. The standard InChI is InChI=1S/C27H26N6O3/c1-16(2)11-25(34)24-13-17-12-18(3-5-21(17)32-24)31-27-29-10-8-22(33-27)23-14-19(7-9-28-23)36-20-4-6-26(35)30-15-20/h3,5,7-14,20,32H,4,6,15H2,1-2H3,(H,30,35)(H,29,31,33). The fourth-order valence-electron chi connectivity index (χ4n) is 4.00. The number of benzene rings is 1. The molecule has 1 amide bonds.